The van der Waals surface area contributed by atoms with Gasteiger partial charge in [0, 0.05) is 20.9 Å². The van der Waals surface area contributed by atoms with Crippen LogP contribution in [0.25, 0.3) is 28.0 Å². The number of rotatable bonds is 8. The van der Waals surface area contributed by atoms with Crippen molar-refractivity contribution in [1.82, 2.24) is 4.98 Å². The van der Waals surface area contributed by atoms with Gasteiger partial charge in [0.05, 0.1) is 17.4 Å². The number of furan rings is 1. The number of nitrogens with zero attached hydrogens (tertiary/aromatic N) is 2. The number of allylic oxidation sites excluding steroid dienone is 1. The van der Waals surface area contributed by atoms with Gasteiger partial charge in [-0.1, -0.05) is 45.9 Å². The number of halogens is 1. The van der Waals surface area contributed by atoms with E-state index in [1.807, 2.05) is 60.0 Å². The number of aromatic nitrogens is 1. The van der Waals surface area contributed by atoms with Crippen molar-refractivity contribution in [1.29, 1.82) is 5.26 Å². The molecule has 0 fully saturated rings. The number of fused-ring (bicyclic) bond motifs is 1. The number of ether oxygens (including phenoxy) is 1. The number of thioether (sulfide) groups is 1. The topological polar surface area (TPSA) is 88.1 Å². The number of carbonyl (C=O) groups is 1. The maximum absolute atomic E-state index is 11.9. The minimum absolute atomic E-state index is 0.0743. The maximum atomic E-state index is 11.9. The highest BCUT2D eigenvalue weighted by molar-refractivity contribution is 9.10. The molecule has 2 heterocycles. The second kappa shape index (κ2) is 10.7. The fraction of sp³-hybridized carbons (Fsp3) is 0.125. The molecular weight excluding hydrogens is 522 g/mol. The highest BCUT2D eigenvalue weighted by Crippen LogP contribution is 2.34. The SMILES string of the molecule is CCOC(=O)CS/C(Nc1ccccc1)=C(\C#N)c1nc(-c2cc3cc(Br)ccc3o2)cs1. The van der Waals surface area contributed by atoms with E-state index in [2.05, 4.69) is 32.3 Å². The van der Waals surface area contributed by atoms with E-state index in [9.17, 15) is 10.1 Å². The molecule has 0 aliphatic heterocycles. The standard InChI is InChI=1S/C24H18BrN3O3S2/c1-2-30-22(29)14-33-23(27-17-6-4-3-5-7-17)18(12-26)24-28-19(13-32-24)21-11-15-10-16(25)8-9-20(15)31-21/h3-11,13,27H,2,14H2,1H3/b23-18+. The van der Waals surface area contributed by atoms with Crippen LogP contribution in [0.2, 0.25) is 0 Å². The van der Waals surface area contributed by atoms with E-state index in [1.54, 1.807) is 6.92 Å². The molecule has 6 nitrogen and oxygen atoms in total. The highest BCUT2D eigenvalue weighted by Gasteiger charge is 2.18. The molecule has 9 heteroatoms. The smallest absolute Gasteiger partial charge is 0.316 e. The van der Waals surface area contributed by atoms with E-state index >= 15 is 0 Å². The average Bonchev–Trinajstić information content (AvgIpc) is 3.46. The third kappa shape index (κ3) is 5.66. The Morgan fingerprint density at radius 3 is 2.85 bits per heavy atom. The maximum Gasteiger partial charge on any atom is 0.316 e. The van der Waals surface area contributed by atoms with Gasteiger partial charge in [-0.2, -0.15) is 5.26 Å². The predicted octanol–water partition coefficient (Wildman–Crippen LogP) is 6.92. The minimum Gasteiger partial charge on any atom is -0.465 e. The molecule has 1 N–H and O–H groups in total. The van der Waals surface area contributed by atoms with Crippen molar-refractivity contribution in [3.05, 3.63) is 74.5 Å². The minimum atomic E-state index is -0.347. The molecule has 0 saturated heterocycles. The van der Waals surface area contributed by atoms with Gasteiger partial charge in [0.25, 0.3) is 0 Å². The van der Waals surface area contributed by atoms with Crippen molar-refractivity contribution >= 4 is 67.2 Å². The Kier molecular flexibility index (Phi) is 7.50. The Morgan fingerprint density at radius 2 is 2.09 bits per heavy atom. The molecular formula is C24H18BrN3O3S2. The molecule has 4 aromatic rings. The van der Waals surface area contributed by atoms with E-state index < -0.39 is 0 Å². The fourth-order valence-corrected chi connectivity index (χ4v) is 5.07. The molecule has 0 atom stereocenters. The summed E-state index contributed by atoms with van der Waals surface area (Å²) in [4.78, 5) is 16.6. The Labute approximate surface area is 207 Å². The monoisotopic (exact) mass is 539 g/mol. The van der Waals surface area contributed by atoms with Gasteiger partial charge in [0.15, 0.2) is 5.76 Å². The molecule has 166 valence electrons. The predicted molar refractivity (Wildman–Crippen MR) is 137 cm³/mol. The van der Waals surface area contributed by atoms with Crippen LogP contribution in [0.4, 0.5) is 5.69 Å². The summed E-state index contributed by atoms with van der Waals surface area (Å²) in [5, 5.41) is 17.1. The zero-order chi connectivity index (χ0) is 23.2. The number of thiazole rings is 1. The summed E-state index contributed by atoms with van der Waals surface area (Å²) < 4.78 is 11.9. The van der Waals surface area contributed by atoms with Gasteiger partial charge in [0.2, 0.25) is 0 Å². The summed E-state index contributed by atoms with van der Waals surface area (Å²) in [6, 6.07) is 19.4. The Bertz CT molecular complexity index is 1360. The van der Waals surface area contributed by atoms with E-state index in [0.29, 0.717) is 33.7 Å². The normalized spacial score (nSPS) is 11.7. The van der Waals surface area contributed by atoms with Crippen LogP contribution < -0.4 is 5.32 Å². The summed E-state index contributed by atoms with van der Waals surface area (Å²) >= 11 is 6.02. The lowest BCUT2D eigenvalue weighted by Crippen LogP contribution is -2.09. The number of hydrogen-bond donors (Lipinski definition) is 1. The van der Waals surface area contributed by atoms with E-state index in [-0.39, 0.29) is 11.7 Å². The largest absolute Gasteiger partial charge is 0.465 e. The summed E-state index contributed by atoms with van der Waals surface area (Å²) in [5.74, 6) is 0.352. The molecule has 2 aromatic heterocycles. The molecule has 0 saturated carbocycles. The number of nitrogens with one attached hydrogen (secondary N) is 1. The van der Waals surface area contributed by atoms with Crippen molar-refractivity contribution in [2.45, 2.75) is 6.92 Å². The molecule has 0 amide bonds. The quantitative estimate of drug-likeness (QED) is 0.192. The number of nitriles is 1. The first kappa shape index (κ1) is 23.1. The summed E-state index contributed by atoms with van der Waals surface area (Å²) in [6.45, 7) is 2.07. The van der Waals surface area contributed by atoms with Crippen molar-refractivity contribution in [3.63, 3.8) is 0 Å². The van der Waals surface area contributed by atoms with Gasteiger partial charge < -0.3 is 14.5 Å². The highest BCUT2D eigenvalue weighted by atomic mass is 79.9. The number of esters is 1. The Balaban J connectivity index is 1.68. The zero-order valence-corrected chi connectivity index (χ0v) is 20.7. The van der Waals surface area contributed by atoms with E-state index in [4.69, 9.17) is 9.15 Å². The van der Waals surface area contributed by atoms with Gasteiger partial charge in [-0.15, -0.1) is 11.3 Å². The number of carbonyl (C=O) groups excluding carboxylic acids is 1. The number of hydrogen-bond acceptors (Lipinski definition) is 8. The lowest BCUT2D eigenvalue weighted by Gasteiger charge is -2.12. The van der Waals surface area contributed by atoms with Gasteiger partial charge in [-0.3, -0.25) is 4.79 Å². The first-order chi connectivity index (χ1) is 16.1. The van der Waals surface area contributed by atoms with Crippen LogP contribution in [-0.4, -0.2) is 23.3 Å². The van der Waals surface area contributed by atoms with Crippen LogP contribution >= 0.6 is 39.0 Å². The second-order valence-electron chi connectivity index (χ2n) is 6.73. The number of benzene rings is 2. The zero-order valence-electron chi connectivity index (χ0n) is 17.5. The molecule has 0 aliphatic carbocycles. The van der Waals surface area contributed by atoms with Gasteiger partial charge >= 0.3 is 5.97 Å². The number of anilines is 1. The Morgan fingerprint density at radius 1 is 1.27 bits per heavy atom. The van der Waals surface area contributed by atoms with Gasteiger partial charge in [-0.05, 0) is 43.3 Å². The molecule has 0 radical (unpaired) electrons. The van der Waals surface area contributed by atoms with Crippen molar-refractivity contribution in [2.24, 2.45) is 0 Å². The third-order valence-corrected chi connectivity index (χ3v) is 6.79. The molecule has 2 aromatic carbocycles. The van der Waals surface area contributed by atoms with Crippen LogP contribution in [0.3, 0.4) is 0 Å². The lowest BCUT2D eigenvalue weighted by atomic mass is 10.2. The fourth-order valence-electron chi connectivity index (χ4n) is 2.99. The van der Waals surface area contributed by atoms with Gasteiger partial charge in [-0.25, -0.2) is 4.98 Å². The molecule has 0 unspecified atom stereocenters. The first-order valence-corrected chi connectivity index (χ1v) is 12.6. The number of para-hydroxylation sites is 1. The van der Waals surface area contributed by atoms with Crippen LogP contribution in [0.15, 0.2) is 73.9 Å². The van der Waals surface area contributed by atoms with Crippen LogP contribution in [0.5, 0.6) is 0 Å². The molecule has 4 rings (SSSR count). The molecule has 0 aliphatic rings. The summed E-state index contributed by atoms with van der Waals surface area (Å²) in [6.07, 6.45) is 0. The Hall–Kier alpha value is -3.06. The third-order valence-electron chi connectivity index (χ3n) is 4.46. The van der Waals surface area contributed by atoms with E-state index in [0.717, 1.165) is 21.1 Å². The summed E-state index contributed by atoms with van der Waals surface area (Å²) in [5.41, 5.74) is 2.55. The molecule has 33 heavy (non-hydrogen) atoms. The summed E-state index contributed by atoms with van der Waals surface area (Å²) in [7, 11) is 0. The first-order valence-electron chi connectivity index (χ1n) is 9.97. The second-order valence-corrected chi connectivity index (χ2v) is 9.49. The van der Waals surface area contributed by atoms with Gasteiger partial charge in [0.1, 0.15) is 27.9 Å². The van der Waals surface area contributed by atoms with Crippen LogP contribution in [-0.2, 0) is 9.53 Å². The van der Waals surface area contributed by atoms with Crippen molar-refractivity contribution < 1.29 is 13.9 Å². The van der Waals surface area contributed by atoms with Crippen molar-refractivity contribution in [2.75, 3.05) is 17.7 Å². The molecule has 0 spiro atoms. The van der Waals surface area contributed by atoms with E-state index in [1.165, 1.54) is 23.1 Å². The lowest BCUT2D eigenvalue weighted by molar-refractivity contribution is -0.139. The van der Waals surface area contributed by atoms with Crippen molar-refractivity contribution in [3.8, 4) is 17.5 Å². The van der Waals surface area contributed by atoms with Crippen LogP contribution in [0.1, 0.15) is 11.9 Å². The van der Waals surface area contributed by atoms with Crippen LogP contribution in [0, 0.1) is 11.3 Å². The molecule has 0 bridgehead atoms. The average molecular weight is 540 g/mol.